The van der Waals surface area contributed by atoms with E-state index in [0.717, 1.165) is 12.3 Å². The smallest absolute Gasteiger partial charge is 0.263 e. The van der Waals surface area contributed by atoms with Gasteiger partial charge in [-0.25, -0.2) is 16.8 Å². The quantitative estimate of drug-likeness (QED) is 0.546. The van der Waals surface area contributed by atoms with E-state index in [0.29, 0.717) is 10.8 Å². The standard InChI is InChI=1S/C19H15Cl2NO5S2/c1-28(23,24)13-10-11-15(21)19(12-13)29(25,26)22-16-7-3-5-9-18(16)27-17-8-4-2-6-14(17)20/h2-12,22H,1H3. The first-order valence-electron chi connectivity index (χ1n) is 8.12. The molecular weight excluding hydrogens is 457 g/mol. The fraction of sp³-hybridized carbons (Fsp3) is 0.0526. The van der Waals surface area contributed by atoms with Crippen LogP contribution < -0.4 is 9.46 Å². The van der Waals surface area contributed by atoms with Crippen LogP contribution in [-0.2, 0) is 19.9 Å². The third-order valence-corrected chi connectivity index (χ3v) is 7.08. The summed E-state index contributed by atoms with van der Waals surface area (Å²) in [6.07, 6.45) is 0.979. The number of anilines is 1. The molecule has 0 aromatic heterocycles. The van der Waals surface area contributed by atoms with Gasteiger partial charge in [-0.15, -0.1) is 0 Å². The van der Waals surface area contributed by atoms with Crippen molar-refractivity contribution in [3.05, 3.63) is 76.8 Å². The zero-order valence-electron chi connectivity index (χ0n) is 15.0. The van der Waals surface area contributed by atoms with Gasteiger partial charge in [0.2, 0.25) is 0 Å². The summed E-state index contributed by atoms with van der Waals surface area (Å²) in [5, 5.41) is 0.239. The summed E-state index contributed by atoms with van der Waals surface area (Å²) >= 11 is 12.1. The number of ether oxygens (including phenoxy) is 1. The maximum Gasteiger partial charge on any atom is 0.263 e. The molecule has 0 atom stereocenters. The van der Waals surface area contributed by atoms with E-state index < -0.39 is 19.9 Å². The maximum atomic E-state index is 12.9. The molecule has 0 saturated heterocycles. The van der Waals surface area contributed by atoms with Crippen LogP contribution in [0.25, 0.3) is 0 Å². The molecule has 152 valence electrons. The van der Waals surface area contributed by atoms with E-state index >= 15 is 0 Å². The first kappa shape index (κ1) is 21.4. The normalized spacial score (nSPS) is 11.8. The molecule has 3 aromatic rings. The highest BCUT2D eigenvalue weighted by Crippen LogP contribution is 2.35. The van der Waals surface area contributed by atoms with E-state index in [1.807, 2.05) is 0 Å². The fourth-order valence-corrected chi connectivity index (χ4v) is 4.90. The first-order chi connectivity index (χ1) is 13.6. The molecule has 0 aliphatic heterocycles. The Morgan fingerprint density at radius 2 is 1.41 bits per heavy atom. The molecule has 1 N–H and O–H groups in total. The van der Waals surface area contributed by atoms with Gasteiger partial charge in [-0.3, -0.25) is 4.72 Å². The van der Waals surface area contributed by atoms with Crippen molar-refractivity contribution in [3.63, 3.8) is 0 Å². The van der Waals surface area contributed by atoms with E-state index in [2.05, 4.69) is 4.72 Å². The molecule has 0 bridgehead atoms. The highest BCUT2D eigenvalue weighted by molar-refractivity contribution is 7.93. The Morgan fingerprint density at radius 1 is 0.793 bits per heavy atom. The molecule has 10 heteroatoms. The molecule has 3 rings (SSSR count). The summed E-state index contributed by atoms with van der Waals surface area (Å²) in [6, 6.07) is 16.6. The zero-order chi connectivity index (χ0) is 21.2. The van der Waals surface area contributed by atoms with Crippen molar-refractivity contribution in [3.8, 4) is 11.5 Å². The Bertz CT molecular complexity index is 1280. The van der Waals surface area contributed by atoms with Crippen molar-refractivity contribution in [1.82, 2.24) is 0 Å². The van der Waals surface area contributed by atoms with E-state index in [4.69, 9.17) is 27.9 Å². The zero-order valence-corrected chi connectivity index (χ0v) is 18.1. The summed E-state index contributed by atoms with van der Waals surface area (Å²) < 4.78 is 57.5. The minimum absolute atomic E-state index is 0.116. The number of halogens is 2. The number of hydrogen-bond acceptors (Lipinski definition) is 5. The second-order valence-electron chi connectivity index (χ2n) is 6.00. The van der Waals surface area contributed by atoms with Gasteiger partial charge in [-0.2, -0.15) is 0 Å². The van der Waals surface area contributed by atoms with Crippen LogP contribution in [0, 0.1) is 0 Å². The molecule has 3 aromatic carbocycles. The predicted octanol–water partition coefficient (Wildman–Crippen LogP) is 4.99. The second kappa shape index (κ2) is 8.23. The number of benzene rings is 3. The van der Waals surface area contributed by atoms with E-state index in [1.165, 1.54) is 18.2 Å². The van der Waals surface area contributed by atoms with Crippen LogP contribution in [0.15, 0.2) is 76.5 Å². The Hall–Kier alpha value is -2.26. The van der Waals surface area contributed by atoms with Crippen LogP contribution in [0.1, 0.15) is 0 Å². The molecule has 0 aliphatic rings. The Kier molecular flexibility index (Phi) is 6.09. The molecule has 6 nitrogen and oxygen atoms in total. The number of hydrogen-bond donors (Lipinski definition) is 1. The molecular formula is C19H15Cl2NO5S2. The molecule has 0 heterocycles. The molecule has 0 unspecified atom stereocenters. The van der Waals surface area contributed by atoms with Crippen molar-refractivity contribution in [1.29, 1.82) is 0 Å². The van der Waals surface area contributed by atoms with Crippen LogP contribution in [0.4, 0.5) is 5.69 Å². The van der Waals surface area contributed by atoms with Crippen LogP contribution >= 0.6 is 23.2 Å². The van der Waals surface area contributed by atoms with Crippen molar-refractivity contribution in [2.24, 2.45) is 0 Å². The van der Waals surface area contributed by atoms with Crippen molar-refractivity contribution in [2.45, 2.75) is 9.79 Å². The van der Waals surface area contributed by atoms with Crippen LogP contribution in [0.5, 0.6) is 11.5 Å². The molecule has 0 radical (unpaired) electrons. The lowest BCUT2D eigenvalue weighted by Crippen LogP contribution is -2.15. The van der Waals surface area contributed by atoms with Gasteiger partial charge in [0.25, 0.3) is 10.0 Å². The fourth-order valence-electron chi connectivity index (χ4n) is 2.41. The van der Waals surface area contributed by atoms with Gasteiger partial charge in [0.15, 0.2) is 15.6 Å². The molecule has 0 aliphatic carbocycles. The molecule has 0 spiro atoms. The molecule has 29 heavy (non-hydrogen) atoms. The summed E-state index contributed by atoms with van der Waals surface area (Å²) in [4.78, 5) is -0.530. The SMILES string of the molecule is CS(=O)(=O)c1ccc(Cl)c(S(=O)(=O)Nc2ccccc2Oc2ccccc2Cl)c1. The van der Waals surface area contributed by atoms with Crippen molar-refractivity contribution < 1.29 is 21.6 Å². The van der Waals surface area contributed by atoms with Gasteiger partial charge in [-0.05, 0) is 42.5 Å². The summed E-state index contributed by atoms with van der Waals surface area (Å²) in [6.45, 7) is 0. The Labute approximate surface area is 179 Å². The van der Waals surface area contributed by atoms with Gasteiger partial charge < -0.3 is 4.74 Å². The Balaban J connectivity index is 2.00. The minimum Gasteiger partial charge on any atom is -0.454 e. The third-order valence-electron chi connectivity index (χ3n) is 3.81. The molecule has 0 saturated carbocycles. The number of para-hydroxylation sites is 3. The van der Waals surface area contributed by atoms with E-state index in [-0.39, 0.29) is 26.3 Å². The third kappa shape index (κ3) is 5.02. The van der Waals surface area contributed by atoms with Crippen LogP contribution in [0.3, 0.4) is 0 Å². The summed E-state index contributed by atoms with van der Waals surface area (Å²) in [7, 11) is -7.83. The first-order valence-corrected chi connectivity index (χ1v) is 12.2. The lowest BCUT2D eigenvalue weighted by atomic mass is 10.3. The minimum atomic E-state index is -4.21. The maximum absolute atomic E-state index is 12.9. The number of sulfonamides is 1. The van der Waals surface area contributed by atoms with Gasteiger partial charge >= 0.3 is 0 Å². The van der Waals surface area contributed by atoms with Crippen LogP contribution in [-0.4, -0.2) is 23.1 Å². The lowest BCUT2D eigenvalue weighted by molar-refractivity contribution is 0.485. The van der Waals surface area contributed by atoms with Gasteiger partial charge in [-0.1, -0.05) is 47.5 Å². The average Bonchev–Trinajstić information content (AvgIpc) is 2.64. The highest BCUT2D eigenvalue weighted by atomic mass is 35.5. The molecule has 0 fully saturated rings. The largest absolute Gasteiger partial charge is 0.454 e. The highest BCUT2D eigenvalue weighted by Gasteiger charge is 2.22. The second-order valence-corrected chi connectivity index (χ2v) is 10.5. The average molecular weight is 472 g/mol. The van der Waals surface area contributed by atoms with E-state index in [1.54, 1.807) is 42.5 Å². The molecule has 0 amide bonds. The topological polar surface area (TPSA) is 89.5 Å². The lowest BCUT2D eigenvalue weighted by Gasteiger charge is -2.15. The summed E-state index contributed by atoms with van der Waals surface area (Å²) in [5.41, 5.74) is 0.133. The van der Waals surface area contributed by atoms with Gasteiger partial charge in [0.05, 0.1) is 20.6 Å². The van der Waals surface area contributed by atoms with Crippen molar-refractivity contribution >= 4 is 48.7 Å². The summed E-state index contributed by atoms with van der Waals surface area (Å²) in [5.74, 6) is 0.553. The number of rotatable bonds is 6. The predicted molar refractivity (Wildman–Crippen MR) is 113 cm³/mol. The Morgan fingerprint density at radius 3 is 2.07 bits per heavy atom. The number of nitrogens with one attached hydrogen (secondary N) is 1. The number of sulfone groups is 1. The van der Waals surface area contributed by atoms with Crippen molar-refractivity contribution in [2.75, 3.05) is 11.0 Å². The van der Waals surface area contributed by atoms with E-state index in [9.17, 15) is 16.8 Å². The van der Waals surface area contributed by atoms with Gasteiger partial charge in [0, 0.05) is 6.26 Å². The van der Waals surface area contributed by atoms with Crippen LogP contribution in [0.2, 0.25) is 10.0 Å². The monoisotopic (exact) mass is 471 g/mol. The van der Waals surface area contributed by atoms with Gasteiger partial charge in [0.1, 0.15) is 10.6 Å².